The van der Waals surface area contributed by atoms with Crippen molar-refractivity contribution in [1.82, 2.24) is 32.9 Å². The lowest BCUT2D eigenvalue weighted by Gasteiger charge is -2.32. The largest absolute Gasteiger partial charge is 0.496 e. The molecule has 0 saturated carbocycles. The van der Waals surface area contributed by atoms with Crippen LogP contribution in [0.3, 0.4) is 0 Å². The van der Waals surface area contributed by atoms with Crippen molar-refractivity contribution in [3.63, 3.8) is 0 Å². The molecule has 9 aromatic rings. The minimum absolute atomic E-state index is 0.0230. The number of sulfonamides is 3. The molecule has 20 nitrogen and oxygen atoms in total. The molecule has 6 unspecified atom stereocenters. The van der Waals surface area contributed by atoms with E-state index in [0.717, 1.165) is 82.6 Å². The number of pyridine rings is 2. The van der Waals surface area contributed by atoms with Crippen molar-refractivity contribution in [2.75, 3.05) is 14.2 Å². The molecule has 0 radical (unpaired) electrons. The lowest BCUT2D eigenvalue weighted by molar-refractivity contribution is 0.00578. The zero-order chi connectivity index (χ0) is 75.8. The van der Waals surface area contributed by atoms with Crippen molar-refractivity contribution >= 4 is 198 Å². The fourth-order valence-corrected chi connectivity index (χ4v) is 19.7. The molecular formula is C76H71BBr4I2N10O10S3. The number of aromatic nitrogens is 4. The molecule has 0 bridgehead atoms. The smallest absolute Gasteiger partial charge is 0.496 e. The van der Waals surface area contributed by atoms with Crippen LogP contribution in [0.25, 0.3) is 33.2 Å². The molecule has 548 valence electrons. The Labute approximate surface area is 678 Å². The van der Waals surface area contributed by atoms with Gasteiger partial charge in [-0.3, -0.25) is 15.0 Å². The van der Waals surface area contributed by atoms with Crippen LogP contribution in [0.5, 0.6) is 11.5 Å². The van der Waals surface area contributed by atoms with E-state index in [9.17, 15) is 25.3 Å². The number of hydrogen-bond donors (Lipinski definition) is 2. The summed E-state index contributed by atoms with van der Waals surface area (Å²) >= 11 is 18.0. The SMILES string of the molecule is Brc1cnc2[nH]cc(I)c2c1.Brc1cnc2[nH]ccc2c1.COc1ccccc1C1=CN(S(=O)(=O)c2ccc(C)cc2)C2N=CC(B3OC(C)(C)C(C)(C)O3)=CC12.COc1ccccc1C1=CN(S(=O)(=O)c2ccc(C)cc2)C2N=CC(Br)=CC12.Cc1ccc(S(=O)(=O)N2C=C(I)C3C=C(Br)C=NC32)cc1. The first-order chi connectivity index (χ1) is 50.4. The third-order valence-corrected chi connectivity index (χ3v) is 27.6. The molecule has 11 heterocycles. The van der Waals surface area contributed by atoms with Gasteiger partial charge < -0.3 is 28.8 Å². The van der Waals surface area contributed by atoms with Crippen molar-refractivity contribution in [3.05, 3.63) is 259 Å². The fraction of sp³-hybridized carbons (Fsp3) is 0.224. The van der Waals surface area contributed by atoms with Crippen molar-refractivity contribution in [3.8, 4) is 11.5 Å². The Bertz CT molecular complexity index is 5490. The molecule has 7 aliphatic rings. The van der Waals surface area contributed by atoms with Crippen LogP contribution in [0, 0.1) is 42.1 Å². The number of aromatic amines is 2. The number of H-pyrrole nitrogens is 2. The molecule has 0 spiro atoms. The van der Waals surface area contributed by atoms with Crippen LogP contribution in [-0.2, 0) is 39.4 Å². The van der Waals surface area contributed by atoms with E-state index in [4.69, 9.17) is 23.8 Å². The number of allylic oxidation sites excluding steroid dienone is 3. The van der Waals surface area contributed by atoms with Crippen LogP contribution < -0.4 is 9.47 Å². The number of halogens is 6. The van der Waals surface area contributed by atoms with Crippen LogP contribution in [0.4, 0.5) is 0 Å². The second-order valence-corrected chi connectivity index (χ2v) is 37.9. The van der Waals surface area contributed by atoms with Gasteiger partial charge in [0.25, 0.3) is 30.1 Å². The Morgan fingerprint density at radius 3 is 1.41 bits per heavy atom. The molecule has 0 amide bonds. The third kappa shape index (κ3) is 16.7. The number of aryl methyl sites for hydroxylation is 3. The third-order valence-electron chi connectivity index (χ3n) is 18.7. The number of ether oxygens (including phenoxy) is 2. The summed E-state index contributed by atoms with van der Waals surface area (Å²) in [7, 11) is -8.56. The first-order valence-corrected chi connectivity index (χ1v) is 42.7. The monoisotopic (exact) mass is 1960 g/mol. The van der Waals surface area contributed by atoms with Crippen LogP contribution in [-0.4, -0.2) is 128 Å². The second-order valence-electron chi connectivity index (χ2n) is 26.3. The van der Waals surface area contributed by atoms with Crippen molar-refractivity contribution in [1.29, 1.82) is 0 Å². The van der Waals surface area contributed by atoms with E-state index in [1.807, 2.05) is 140 Å². The number of para-hydroxylation sites is 2. The van der Waals surface area contributed by atoms with Gasteiger partial charge in [-0.05, 0) is 241 Å². The van der Waals surface area contributed by atoms with Gasteiger partial charge in [0.2, 0.25) is 0 Å². The average Bonchev–Trinajstić information content (AvgIpc) is 1.59. The van der Waals surface area contributed by atoms with Crippen molar-refractivity contribution in [2.24, 2.45) is 32.7 Å². The van der Waals surface area contributed by atoms with Crippen LogP contribution in [0.2, 0.25) is 0 Å². The summed E-state index contributed by atoms with van der Waals surface area (Å²) in [6.45, 7) is 13.8. The number of nitrogens with zero attached hydrogens (tertiary/aromatic N) is 8. The first kappa shape index (κ1) is 78.7. The van der Waals surface area contributed by atoms with E-state index < -0.39 is 66.9 Å². The standard InChI is InChI=1S/C27H31BN2O5S.C21H19BrN2O3S.C14H12BrIN2O2S.C7H4BrIN2.C7H5BrN2/c1-18-11-13-20(14-12-18)36(31,32)30-17-23(21-9-7-8-10-24(21)33-6)22-15-19(16-29-25(22)30)28-34-26(2,3)27(4,5)35-28;1-14-7-9-16(10-8-14)28(25,26)24-13-19(17-5-3-4-6-20(17)27-2)18-11-15(22)12-23-21(18)24;1-9-2-4-11(5-3-9)21(19,20)18-8-13(16)12-6-10(15)7-17-14(12)18;8-4-1-5-6(9)3-11-7(5)10-2-4;8-6-3-5-1-2-9-7(5)10-4-6/h7-17,22,25H,1-6H3;3-13,18,21H,1-2H3;2-8,12,14H,1H3;1-3H,(H,10,11);1-4H,(H,9,10). The zero-order valence-corrected chi connectivity index (χ0v) is 71.6. The van der Waals surface area contributed by atoms with Gasteiger partial charge in [0.15, 0.2) is 0 Å². The summed E-state index contributed by atoms with van der Waals surface area (Å²) < 4.78 is 113. The molecule has 1 saturated heterocycles. The van der Waals surface area contributed by atoms with Crippen LogP contribution >= 0.6 is 109 Å². The van der Waals surface area contributed by atoms with Crippen molar-refractivity contribution < 1.29 is 44.0 Å². The molecule has 6 atom stereocenters. The quantitative estimate of drug-likeness (QED) is 0.0907. The average molecular weight is 1960 g/mol. The highest BCUT2D eigenvalue weighted by Gasteiger charge is 2.54. The normalized spacial score (nSPS) is 20.9. The van der Waals surface area contributed by atoms with E-state index in [1.165, 1.54) is 21.9 Å². The molecule has 16 rings (SSSR count). The van der Waals surface area contributed by atoms with Gasteiger partial charge in [0, 0.05) is 121 Å². The van der Waals surface area contributed by atoms with E-state index in [0.29, 0.717) is 11.5 Å². The molecule has 106 heavy (non-hydrogen) atoms. The van der Waals surface area contributed by atoms with Crippen molar-refractivity contribution in [2.45, 2.75) is 92.9 Å². The van der Waals surface area contributed by atoms with Gasteiger partial charge in [0.05, 0.1) is 46.0 Å². The predicted octanol–water partition coefficient (Wildman–Crippen LogP) is 17.8. The van der Waals surface area contributed by atoms with Gasteiger partial charge in [-0.2, -0.15) is 0 Å². The summed E-state index contributed by atoms with van der Waals surface area (Å²) in [4.78, 5) is 28.8. The number of methoxy groups -OCH3 is 2. The molecule has 0 aliphatic carbocycles. The van der Waals surface area contributed by atoms with Gasteiger partial charge in [-0.25, -0.2) is 48.1 Å². The predicted molar refractivity (Wildman–Crippen MR) is 450 cm³/mol. The Hall–Kier alpha value is -6.86. The molecule has 7 aliphatic heterocycles. The Kier molecular flexibility index (Phi) is 24.0. The Balaban J connectivity index is 0.000000133. The van der Waals surface area contributed by atoms with E-state index in [-0.39, 0.29) is 32.4 Å². The Morgan fingerprint density at radius 1 is 0.509 bits per heavy atom. The highest BCUT2D eigenvalue weighted by Crippen LogP contribution is 2.48. The molecule has 4 aromatic heterocycles. The molecule has 2 N–H and O–H groups in total. The van der Waals surface area contributed by atoms with Crippen LogP contribution in [0.15, 0.2) is 258 Å². The van der Waals surface area contributed by atoms with E-state index >= 15 is 0 Å². The number of rotatable bonds is 11. The molecular weight excluding hydrogens is 1890 g/mol. The highest BCUT2D eigenvalue weighted by atomic mass is 127. The van der Waals surface area contributed by atoms with E-state index in [2.05, 4.69) is 145 Å². The fourth-order valence-electron chi connectivity index (χ4n) is 12.3. The summed E-state index contributed by atoms with van der Waals surface area (Å²) in [5, 5.41) is 2.30. The van der Waals surface area contributed by atoms with Crippen LogP contribution in [0.1, 0.15) is 55.5 Å². The second kappa shape index (κ2) is 32.4. The summed E-state index contributed by atoms with van der Waals surface area (Å²) in [5.41, 5.74) is 8.00. The maximum Gasteiger partial charge on any atom is 0.496 e. The van der Waals surface area contributed by atoms with Gasteiger partial charge >= 0.3 is 7.12 Å². The summed E-state index contributed by atoms with van der Waals surface area (Å²) in [6.07, 6.45) is 21.8. The lowest BCUT2D eigenvalue weighted by atomic mass is 9.74. The van der Waals surface area contributed by atoms with E-state index in [1.54, 1.807) is 137 Å². The minimum atomic E-state index is -3.85. The highest BCUT2D eigenvalue weighted by molar-refractivity contribution is 14.1. The lowest BCUT2D eigenvalue weighted by Crippen LogP contribution is -2.41. The Morgan fingerprint density at radius 2 is 0.925 bits per heavy atom. The molecule has 5 aromatic carbocycles. The number of benzene rings is 5. The topological polar surface area (TPSA) is 244 Å². The maximum absolute atomic E-state index is 13.7. The zero-order valence-electron chi connectivity index (χ0n) is 58.5. The minimum Gasteiger partial charge on any atom is -0.496 e. The number of hydrogen-bond acceptors (Lipinski definition) is 15. The van der Waals surface area contributed by atoms with Gasteiger partial charge in [0.1, 0.15) is 41.3 Å². The number of fused-ring (bicyclic) bond motifs is 5. The molecule has 1 fully saturated rings. The first-order valence-electron chi connectivity index (χ1n) is 33.1. The van der Waals surface area contributed by atoms with Gasteiger partial charge in [-0.1, -0.05) is 108 Å². The maximum atomic E-state index is 13.7. The number of aliphatic imine (C=N–C) groups is 3. The molecule has 30 heteroatoms. The summed E-state index contributed by atoms with van der Waals surface area (Å²) in [5.74, 6) is 0.778. The number of nitrogens with one attached hydrogen (secondary N) is 2. The van der Waals surface area contributed by atoms with Gasteiger partial charge in [-0.15, -0.1) is 0 Å². The number of dihydropyridines is 3. The summed E-state index contributed by atoms with van der Waals surface area (Å²) in [6, 6.07) is 41.9.